The SMILES string of the molecule is COc1ccc(Br)cc1CCC(=O)N1CC(S(=O)(=O)c2ccc(F)cc2)C1. The Labute approximate surface area is 166 Å². The van der Waals surface area contributed by atoms with E-state index in [1.54, 1.807) is 7.11 Å². The molecule has 2 aromatic rings. The molecular weight excluding hydrogens is 437 g/mol. The van der Waals surface area contributed by atoms with E-state index < -0.39 is 20.9 Å². The highest BCUT2D eigenvalue weighted by atomic mass is 79.9. The van der Waals surface area contributed by atoms with E-state index in [1.165, 1.54) is 17.0 Å². The van der Waals surface area contributed by atoms with Gasteiger partial charge in [0, 0.05) is 24.0 Å². The van der Waals surface area contributed by atoms with Crippen molar-refractivity contribution < 1.29 is 22.3 Å². The third kappa shape index (κ3) is 4.32. The summed E-state index contributed by atoms with van der Waals surface area (Å²) in [6.45, 7) is 0.322. The van der Waals surface area contributed by atoms with Crippen LogP contribution in [0.3, 0.4) is 0 Å². The van der Waals surface area contributed by atoms with Gasteiger partial charge in [-0.25, -0.2) is 12.8 Å². The molecular formula is C19H19BrFNO4S. The van der Waals surface area contributed by atoms with Gasteiger partial charge in [0.05, 0.1) is 12.0 Å². The number of likely N-dealkylation sites (tertiary alicyclic amines) is 1. The molecule has 0 radical (unpaired) electrons. The third-order valence-corrected chi connectivity index (χ3v) is 7.23. The van der Waals surface area contributed by atoms with Gasteiger partial charge >= 0.3 is 0 Å². The molecule has 144 valence electrons. The number of hydrogen-bond acceptors (Lipinski definition) is 4. The number of halogens is 2. The first-order valence-corrected chi connectivity index (χ1v) is 10.7. The second-order valence-electron chi connectivity index (χ2n) is 6.38. The van der Waals surface area contributed by atoms with E-state index in [9.17, 15) is 17.6 Å². The number of carbonyl (C=O) groups excluding carboxylic acids is 1. The molecule has 2 aromatic carbocycles. The van der Waals surface area contributed by atoms with Crippen LogP contribution in [0.2, 0.25) is 0 Å². The van der Waals surface area contributed by atoms with Crippen molar-refractivity contribution in [3.05, 3.63) is 58.3 Å². The number of nitrogens with zero attached hydrogens (tertiary/aromatic N) is 1. The van der Waals surface area contributed by atoms with Gasteiger partial charge in [-0.05, 0) is 54.4 Å². The molecule has 0 bridgehead atoms. The first-order valence-electron chi connectivity index (χ1n) is 8.41. The predicted octanol–water partition coefficient (Wildman–Crippen LogP) is 3.21. The quantitative estimate of drug-likeness (QED) is 0.627. The first-order chi connectivity index (χ1) is 12.8. The summed E-state index contributed by atoms with van der Waals surface area (Å²) in [5.74, 6) is 0.135. The molecule has 1 fully saturated rings. The molecule has 1 aliphatic heterocycles. The molecule has 0 unspecified atom stereocenters. The van der Waals surface area contributed by atoms with Crippen molar-refractivity contribution >= 4 is 31.7 Å². The van der Waals surface area contributed by atoms with Gasteiger partial charge in [-0.3, -0.25) is 4.79 Å². The number of benzene rings is 2. The van der Waals surface area contributed by atoms with Gasteiger partial charge in [-0.1, -0.05) is 15.9 Å². The molecule has 8 heteroatoms. The standard InChI is InChI=1S/C19H19BrFNO4S/c1-26-18-8-3-14(20)10-13(18)2-9-19(23)22-11-17(12-22)27(24,25)16-6-4-15(21)5-7-16/h3-8,10,17H,2,9,11-12H2,1H3. The molecule has 0 aliphatic carbocycles. The number of hydrogen-bond donors (Lipinski definition) is 0. The lowest BCUT2D eigenvalue weighted by Gasteiger charge is -2.38. The van der Waals surface area contributed by atoms with Crippen molar-refractivity contribution in [3.63, 3.8) is 0 Å². The fourth-order valence-electron chi connectivity index (χ4n) is 3.00. The van der Waals surface area contributed by atoms with Crippen molar-refractivity contribution in [1.29, 1.82) is 0 Å². The van der Waals surface area contributed by atoms with E-state index in [1.807, 2.05) is 18.2 Å². The Morgan fingerprint density at radius 1 is 1.22 bits per heavy atom. The van der Waals surface area contributed by atoms with Crippen molar-refractivity contribution in [1.82, 2.24) is 4.90 Å². The van der Waals surface area contributed by atoms with E-state index in [0.29, 0.717) is 12.2 Å². The van der Waals surface area contributed by atoms with Crippen LogP contribution >= 0.6 is 15.9 Å². The largest absolute Gasteiger partial charge is 0.496 e. The maximum Gasteiger partial charge on any atom is 0.222 e. The average Bonchev–Trinajstić information content (AvgIpc) is 2.59. The lowest BCUT2D eigenvalue weighted by atomic mass is 10.1. The zero-order chi connectivity index (χ0) is 19.6. The van der Waals surface area contributed by atoms with Gasteiger partial charge in [0.1, 0.15) is 16.8 Å². The molecule has 0 saturated carbocycles. The Kier molecular flexibility index (Phi) is 5.86. The molecule has 0 spiro atoms. The second kappa shape index (κ2) is 7.98. The van der Waals surface area contributed by atoms with Gasteiger partial charge < -0.3 is 9.64 Å². The summed E-state index contributed by atoms with van der Waals surface area (Å²) in [4.78, 5) is 14.0. The summed E-state index contributed by atoms with van der Waals surface area (Å²) in [6, 6.07) is 10.4. The fraction of sp³-hybridized carbons (Fsp3) is 0.316. The highest BCUT2D eigenvalue weighted by Crippen LogP contribution is 2.27. The van der Waals surface area contributed by atoms with E-state index in [2.05, 4.69) is 15.9 Å². The van der Waals surface area contributed by atoms with Crippen LogP contribution in [-0.2, 0) is 21.1 Å². The molecule has 27 heavy (non-hydrogen) atoms. The molecule has 0 N–H and O–H groups in total. The lowest BCUT2D eigenvalue weighted by Crippen LogP contribution is -2.56. The monoisotopic (exact) mass is 455 g/mol. The Morgan fingerprint density at radius 2 is 1.89 bits per heavy atom. The molecule has 1 aliphatic rings. The fourth-order valence-corrected chi connectivity index (χ4v) is 5.06. The predicted molar refractivity (Wildman–Crippen MR) is 103 cm³/mol. The Bertz CT molecular complexity index is 941. The Balaban J connectivity index is 1.57. The average molecular weight is 456 g/mol. The van der Waals surface area contributed by atoms with E-state index >= 15 is 0 Å². The lowest BCUT2D eigenvalue weighted by molar-refractivity contribution is -0.134. The van der Waals surface area contributed by atoms with E-state index in [4.69, 9.17) is 4.74 Å². The van der Waals surface area contributed by atoms with Crippen LogP contribution in [0, 0.1) is 5.82 Å². The number of ether oxygens (including phenoxy) is 1. The van der Waals surface area contributed by atoms with Crippen molar-refractivity contribution in [3.8, 4) is 5.75 Å². The van der Waals surface area contributed by atoms with E-state index in [0.717, 1.165) is 22.2 Å². The van der Waals surface area contributed by atoms with Gasteiger partial charge in [0.2, 0.25) is 5.91 Å². The van der Waals surface area contributed by atoms with Crippen molar-refractivity contribution in [2.75, 3.05) is 20.2 Å². The summed E-state index contributed by atoms with van der Waals surface area (Å²) in [5.41, 5.74) is 0.913. The van der Waals surface area contributed by atoms with Gasteiger partial charge in [-0.15, -0.1) is 0 Å². The molecule has 0 atom stereocenters. The minimum atomic E-state index is -3.56. The van der Waals surface area contributed by atoms with Gasteiger partial charge in [-0.2, -0.15) is 0 Å². The Hall–Kier alpha value is -1.93. The highest BCUT2D eigenvalue weighted by molar-refractivity contribution is 9.10. The third-order valence-electron chi connectivity index (χ3n) is 4.63. The zero-order valence-corrected chi connectivity index (χ0v) is 17.1. The van der Waals surface area contributed by atoms with Crippen LogP contribution in [0.1, 0.15) is 12.0 Å². The van der Waals surface area contributed by atoms with Gasteiger partial charge in [0.25, 0.3) is 0 Å². The molecule has 1 saturated heterocycles. The van der Waals surface area contributed by atoms with Crippen LogP contribution in [0.25, 0.3) is 0 Å². The van der Waals surface area contributed by atoms with E-state index in [-0.39, 0.29) is 30.3 Å². The van der Waals surface area contributed by atoms with Crippen LogP contribution < -0.4 is 4.74 Å². The molecule has 0 aromatic heterocycles. The Morgan fingerprint density at radius 3 is 2.52 bits per heavy atom. The van der Waals surface area contributed by atoms with Crippen molar-refractivity contribution in [2.45, 2.75) is 23.0 Å². The number of amides is 1. The smallest absolute Gasteiger partial charge is 0.222 e. The molecule has 1 amide bonds. The highest BCUT2D eigenvalue weighted by Gasteiger charge is 2.40. The number of methoxy groups -OCH3 is 1. The number of carbonyl (C=O) groups is 1. The second-order valence-corrected chi connectivity index (χ2v) is 9.52. The minimum absolute atomic E-state index is 0.0832. The molecule has 1 heterocycles. The normalized spacial score (nSPS) is 14.7. The van der Waals surface area contributed by atoms with Crippen LogP contribution in [0.15, 0.2) is 51.8 Å². The summed E-state index contributed by atoms with van der Waals surface area (Å²) < 4.78 is 44.2. The number of aryl methyl sites for hydroxylation is 1. The summed E-state index contributed by atoms with van der Waals surface area (Å²) in [5, 5.41) is -0.646. The molecule has 5 nitrogen and oxygen atoms in total. The molecule has 3 rings (SSSR count). The van der Waals surface area contributed by atoms with Crippen molar-refractivity contribution in [2.24, 2.45) is 0 Å². The van der Waals surface area contributed by atoms with Crippen LogP contribution in [0.5, 0.6) is 5.75 Å². The first kappa shape index (κ1) is 19.8. The zero-order valence-electron chi connectivity index (χ0n) is 14.7. The van der Waals surface area contributed by atoms with Gasteiger partial charge in [0.15, 0.2) is 9.84 Å². The maximum atomic E-state index is 13.0. The number of rotatable bonds is 6. The minimum Gasteiger partial charge on any atom is -0.496 e. The topological polar surface area (TPSA) is 63.7 Å². The van der Waals surface area contributed by atoms with Crippen LogP contribution in [0.4, 0.5) is 4.39 Å². The summed E-state index contributed by atoms with van der Waals surface area (Å²) >= 11 is 3.40. The summed E-state index contributed by atoms with van der Waals surface area (Å²) in [7, 11) is -1.98. The maximum absolute atomic E-state index is 13.0. The van der Waals surface area contributed by atoms with Crippen LogP contribution in [-0.4, -0.2) is 44.7 Å². The number of sulfone groups is 1. The summed E-state index contributed by atoms with van der Waals surface area (Å²) in [6.07, 6.45) is 0.781.